The zero-order valence-corrected chi connectivity index (χ0v) is 18.9. The van der Waals surface area contributed by atoms with Crippen molar-refractivity contribution in [3.63, 3.8) is 0 Å². The second-order valence-corrected chi connectivity index (χ2v) is 7.78. The van der Waals surface area contributed by atoms with Crippen LogP contribution < -0.4 is 11.1 Å². The van der Waals surface area contributed by atoms with Crippen LogP contribution in [0.2, 0.25) is 0 Å². The minimum Gasteiger partial charge on any atom is -0.337 e. The molecule has 3 rings (SSSR count). The number of benzene rings is 1. The summed E-state index contributed by atoms with van der Waals surface area (Å²) in [6, 6.07) is 7.20. The van der Waals surface area contributed by atoms with Crippen molar-refractivity contribution >= 4 is 53.7 Å². The van der Waals surface area contributed by atoms with Crippen molar-refractivity contribution in [1.82, 2.24) is 14.8 Å². The largest absolute Gasteiger partial charge is 0.337 e. The predicted molar refractivity (Wildman–Crippen MR) is 122 cm³/mol. The third kappa shape index (κ3) is 6.38. The molecular formula is C19H27Cl2N5O2S. The van der Waals surface area contributed by atoms with Gasteiger partial charge in [0.25, 0.3) is 11.8 Å². The summed E-state index contributed by atoms with van der Waals surface area (Å²) in [5.41, 5.74) is 7.11. The van der Waals surface area contributed by atoms with E-state index >= 15 is 0 Å². The smallest absolute Gasteiger partial charge is 0.275 e. The lowest BCUT2D eigenvalue weighted by Crippen LogP contribution is -2.47. The SMILES string of the molecule is CN1CCCC(N(C)C(=O)c2ccc(NC(=O)c3csc(CN)n3)cc2)C1.Cl.Cl. The second kappa shape index (κ2) is 11.5. The molecule has 1 aliphatic rings. The summed E-state index contributed by atoms with van der Waals surface area (Å²) < 4.78 is 0. The maximum atomic E-state index is 12.7. The van der Waals surface area contributed by atoms with E-state index in [2.05, 4.69) is 22.2 Å². The lowest BCUT2D eigenvalue weighted by Gasteiger charge is -2.35. The Balaban J connectivity index is 0.00000210. The average molecular weight is 460 g/mol. The van der Waals surface area contributed by atoms with E-state index in [1.807, 2.05) is 11.9 Å². The number of piperidine rings is 1. The number of hydrogen-bond donors (Lipinski definition) is 2. The van der Waals surface area contributed by atoms with Gasteiger partial charge in [-0.1, -0.05) is 0 Å². The normalized spacial score (nSPS) is 16.3. The lowest BCUT2D eigenvalue weighted by atomic mass is 10.0. The molecule has 160 valence electrons. The third-order valence-corrected chi connectivity index (χ3v) is 5.69. The molecule has 7 nitrogen and oxygen atoms in total. The summed E-state index contributed by atoms with van der Waals surface area (Å²) in [7, 11) is 3.94. The van der Waals surface area contributed by atoms with Crippen LogP contribution in [0.15, 0.2) is 29.6 Å². The van der Waals surface area contributed by atoms with E-state index in [0.717, 1.165) is 30.9 Å². The first-order valence-electron chi connectivity index (χ1n) is 8.99. The lowest BCUT2D eigenvalue weighted by molar-refractivity contribution is 0.0644. The third-order valence-electron chi connectivity index (χ3n) is 4.82. The number of nitrogens with two attached hydrogens (primary N) is 1. The van der Waals surface area contributed by atoms with E-state index in [-0.39, 0.29) is 42.7 Å². The molecule has 0 spiro atoms. The number of hydrogen-bond acceptors (Lipinski definition) is 6. The van der Waals surface area contributed by atoms with Gasteiger partial charge in [-0.2, -0.15) is 0 Å². The molecule has 1 saturated heterocycles. The molecule has 10 heteroatoms. The summed E-state index contributed by atoms with van der Waals surface area (Å²) in [4.78, 5) is 33.2. The molecule has 1 aliphatic heterocycles. The number of nitrogens with zero attached hydrogens (tertiary/aromatic N) is 3. The van der Waals surface area contributed by atoms with Crippen molar-refractivity contribution < 1.29 is 9.59 Å². The molecule has 2 amide bonds. The number of carbonyl (C=O) groups is 2. The monoisotopic (exact) mass is 459 g/mol. The van der Waals surface area contributed by atoms with E-state index in [4.69, 9.17) is 5.73 Å². The predicted octanol–water partition coefficient (Wildman–Crippen LogP) is 2.86. The van der Waals surface area contributed by atoms with Crippen LogP contribution in [-0.4, -0.2) is 59.8 Å². The molecule has 29 heavy (non-hydrogen) atoms. The molecule has 0 aliphatic carbocycles. The topological polar surface area (TPSA) is 91.6 Å². The van der Waals surface area contributed by atoms with Gasteiger partial charge in [0.05, 0.1) is 0 Å². The van der Waals surface area contributed by atoms with Crippen molar-refractivity contribution in [3.8, 4) is 0 Å². The first-order valence-corrected chi connectivity index (χ1v) is 9.87. The van der Waals surface area contributed by atoms with E-state index < -0.39 is 0 Å². The molecule has 1 atom stereocenters. The molecule has 2 heterocycles. The van der Waals surface area contributed by atoms with Gasteiger partial charge in [-0.25, -0.2) is 4.98 Å². The Morgan fingerprint density at radius 3 is 2.59 bits per heavy atom. The Morgan fingerprint density at radius 2 is 2.00 bits per heavy atom. The maximum Gasteiger partial charge on any atom is 0.275 e. The summed E-state index contributed by atoms with van der Waals surface area (Å²) >= 11 is 1.36. The fourth-order valence-corrected chi connectivity index (χ4v) is 3.88. The number of likely N-dealkylation sites (tertiary alicyclic amines) is 1. The second-order valence-electron chi connectivity index (χ2n) is 6.84. The number of likely N-dealkylation sites (N-methyl/N-ethyl adjacent to an activating group) is 2. The van der Waals surface area contributed by atoms with Crippen molar-refractivity contribution in [1.29, 1.82) is 0 Å². The van der Waals surface area contributed by atoms with E-state index in [1.54, 1.807) is 29.6 Å². The molecule has 0 radical (unpaired) electrons. The zero-order chi connectivity index (χ0) is 19.4. The van der Waals surface area contributed by atoms with Gasteiger partial charge in [0.15, 0.2) is 0 Å². The average Bonchev–Trinajstić information content (AvgIpc) is 3.17. The first-order chi connectivity index (χ1) is 13.0. The van der Waals surface area contributed by atoms with Crippen molar-refractivity contribution in [2.24, 2.45) is 5.73 Å². The van der Waals surface area contributed by atoms with Crippen LogP contribution in [0.5, 0.6) is 0 Å². The Morgan fingerprint density at radius 1 is 1.31 bits per heavy atom. The number of nitrogens with one attached hydrogen (secondary N) is 1. The first kappa shape index (κ1) is 25.3. The maximum absolute atomic E-state index is 12.7. The number of thiazole rings is 1. The highest BCUT2D eigenvalue weighted by Gasteiger charge is 2.25. The molecule has 1 aromatic heterocycles. The fraction of sp³-hybridized carbons (Fsp3) is 0.421. The number of carbonyl (C=O) groups excluding carboxylic acids is 2. The number of rotatable bonds is 5. The van der Waals surface area contributed by atoms with Crippen molar-refractivity contribution in [3.05, 3.63) is 45.9 Å². The minimum absolute atomic E-state index is 0. The highest BCUT2D eigenvalue weighted by atomic mass is 35.5. The highest BCUT2D eigenvalue weighted by Crippen LogP contribution is 2.18. The number of halogens is 2. The molecule has 1 fully saturated rings. The van der Waals surface area contributed by atoms with E-state index in [1.165, 1.54) is 11.3 Å². The van der Waals surface area contributed by atoms with Gasteiger partial charge in [-0.05, 0) is 50.7 Å². The van der Waals surface area contributed by atoms with E-state index in [0.29, 0.717) is 23.5 Å². The minimum atomic E-state index is -0.285. The number of anilines is 1. The van der Waals surface area contributed by atoms with Gasteiger partial charge >= 0.3 is 0 Å². The zero-order valence-electron chi connectivity index (χ0n) is 16.5. The Hall–Kier alpha value is -1.71. The van der Waals surface area contributed by atoms with Crippen LogP contribution in [0.1, 0.15) is 38.7 Å². The van der Waals surface area contributed by atoms with Crippen LogP contribution in [-0.2, 0) is 6.54 Å². The fourth-order valence-electron chi connectivity index (χ4n) is 3.22. The molecule has 0 saturated carbocycles. The Kier molecular flexibility index (Phi) is 10.0. The Labute approximate surface area is 187 Å². The van der Waals surface area contributed by atoms with Gasteiger partial charge in [0, 0.05) is 42.8 Å². The van der Waals surface area contributed by atoms with Gasteiger partial charge in [0.1, 0.15) is 10.7 Å². The van der Waals surface area contributed by atoms with E-state index in [9.17, 15) is 9.59 Å². The standard InChI is InChI=1S/C19H25N5O2S.2ClH/c1-23-9-3-4-15(11-23)24(2)19(26)13-5-7-14(8-6-13)21-18(25)16-12-27-17(10-20)22-16;;/h5-8,12,15H,3-4,9-11,20H2,1-2H3,(H,21,25);2*1H. The van der Waals surface area contributed by atoms with Gasteiger partial charge < -0.3 is 20.9 Å². The number of amides is 2. The summed E-state index contributed by atoms with van der Waals surface area (Å²) in [5.74, 6) is -0.285. The van der Waals surface area contributed by atoms with Crippen LogP contribution in [0.25, 0.3) is 0 Å². The molecule has 1 unspecified atom stereocenters. The molecular weight excluding hydrogens is 433 g/mol. The molecule has 3 N–H and O–H groups in total. The van der Waals surface area contributed by atoms with Crippen LogP contribution in [0, 0.1) is 0 Å². The molecule has 0 bridgehead atoms. The molecule has 1 aromatic carbocycles. The number of aromatic nitrogens is 1. The van der Waals surface area contributed by atoms with Crippen LogP contribution in [0.3, 0.4) is 0 Å². The van der Waals surface area contributed by atoms with Crippen molar-refractivity contribution in [2.75, 3.05) is 32.5 Å². The quantitative estimate of drug-likeness (QED) is 0.716. The Bertz CT molecular complexity index is 815. The van der Waals surface area contributed by atoms with Gasteiger partial charge in [-0.3, -0.25) is 9.59 Å². The molecule has 2 aromatic rings. The summed E-state index contributed by atoms with van der Waals surface area (Å²) in [6.45, 7) is 2.30. The van der Waals surface area contributed by atoms with Gasteiger partial charge in [-0.15, -0.1) is 36.2 Å². The summed E-state index contributed by atoms with van der Waals surface area (Å²) in [5, 5.41) is 5.20. The van der Waals surface area contributed by atoms with Crippen molar-refractivity contribution in [2.45, 2.75) is 25.4 Å². The van der Waals surface area contributed by atoms with Crippen LogP contribution >= 0.6 is 36.2 Å². The van der Waals surface area contributed by atoms with Crippen LogP contribution in [0.4, 0.5) is 5.69 Å². The highest BCUT2D eigenvalue weighted by molar-refractivity contribution is 7.09. The summed E-state index contributed by atoms with van der Waals surface area (Å²) in [6.07, 6.45) is 2.13. The van der Waals surface area contributed by atoms with Gasteiger partial charge in [0.2, 0.25) is 0 Å².